The Morgan fingerprint density at radius 2 is 2.04 bits per heavy atom. The van der Waals surface area contributed by atoms with E-state index >= 15 is 0 Å². The van der Waals surface area contributed by atoms with Gasteiger partial charge in [-0.2, -0.15) is 0 Å². The molecule has 0 spiro atoms. The fourth-order valence-corrected chi connectivity index (χ4v) is 4.50. The highest BCUT2D eigenvalue weighted by Gasteiger charge is 2.49. The van der Waals surface area contributed by atoms with Crippen LogP contribution in [-0.2, 0) is 4.79 Å². The van der Waals surface area contributed by atoms with Crippen LogP contribution in [0.4, 0.5) is 8.78 Å². The lowest BCUT2D eigenvalue weighted by atomic mass is 10.0. The van der Waals surface area contributed by atoms with Crippen molar-refractivity contribution in [2.45, 2.75) is 37.6 Å². The second-order valence-corrected chi connectivity index (χ2v) is 7.42. The third-order valence-corrected chi connectivity index (χ3v) is 5.88. The summed E-state index contributed by atoms with van der Waals surface area (Å²) in [5, 5.41) is 2.87. The molecule has 126 valence electrons. The van der Waals surface area contributed by atoms with E-state index in [1.165, 1.54) is 18.2 Å². The fraction of sp³-hybridized carbons (Fsp3) is 0.444. The average molecular weight is 348 g/mol. The van der Waals surface area contributed by atoms with Crippen molar-refractivity contribution in [1.29, 1.82) is 0 Å². The Morgan fingerprint density at radius 3 is 2.75 bits per heavy atom. The SMILES string of the molecule is O=C([C@@H]1C[C@H]1c1c(F)cccc1F)N1CCCC[C@@H]1c1nccs1. The summed E-state index contributed by atoms with van der Waals surface area (Å²) in [6.45, 7) is 0.700. The molecule has 6 heteroatoms. The highest BCUT2D eigenvalue weighted by atomic mass is 32.1. The first kappa shape index (κ1) is 15.7. The van der Waals surface area contributed by atoms with Crippen LogP contribution in [0.3, 0.4) is 0 Å². The van der Waals surface area contributed by atoms with Gasteiger partial charge in [0, 0.05) is 35.5 Å². The lowest BCUT2D eigenvalue weighted by molar-refractivity contribution is -0.136. The zero-order chi connectivity index (χ0) is 16.7. The summed E-state index contributed by atoms with van der Waals surface area (Å²) in [5.74, 6) is -1.73. The van der Waals surface area contributed by atoms with Crippen molar-refractivity contribution in [3.05, 3.63) is 52.0 Å². The monoisotopic (exact) mass is 348 g/mol. The number of likely N-dealkylation sites (tertiary alicyclic amines) is 1. The first-order valence-electron chi connectivity index (χ1n) is 8.30. The molecule has 3 nitrogen and oxygen atoms in total. The van der Waals surface area contributed by atoms with E-state index in [9.17, 15) is 13.6 Å². The molecule has 0 N–H and O–H groups in total. The summed E-state index contributed by atoms with van der Waals surface area (Å²) in [6.07, 6.45) is 5.23. The molecule has 0 bridgehead atoms. The van der Waals surface area contributed by atoms with Crippen LogP contribution in [0.5, 0.6) is 0 Å². The highest BCUT2D eigenvalue weighted by Crippen LogP contribution is 2.51. The van der Waals surface area contributed by atoms with Crippen molar-refractivity contribution < 1.29 is 13.6 Å². The number of halogens is 2. The number of rotatable bonds is 3. The van der Waals surface area contributed by atoms with E-state index in [2.05, 4.69) is 4.98 Å². The molecule has 2 aromatic rings. The minimum Gasteiger partial charge on any atom is -0.333 e. The molecule has 2 fully saturated rings. The van der Waals surface area contributed by atoms with Crippen LogP contribution in [0, 0.1) is 17.6 Å². The molecular formula is C18H18F2N2OS. The number of hydrogen-bond acceptors (Lipinski definition) is 3. The van der Waals surface area contributed by atoms with Gasteiger partial charge in [-0.3, -0.25) is 4.79 Å². The van der Waals surface area contributed by atoms with Gasteiger partial charge >= 0.3 is 0 Å². The normalized spacial score (nSPS) is 26.4. The van der Waals surface area contributed by atoms with Gasteiger partial charge in [0.05, 0.1) is 6.04 Å². The first-order chi connectivity index (χ1) is 11.7. The smallest absolute Gasteiger partial charge is 0.226 e. The van der Waals surface area contributed by atoms with Crippen LogP contribution in [0.2, 0.25) is 0 Å². The Hall–Kier alpha value is -1.82. The Morgan fingerprint density at radius 1 is 1.25 bits per heavy atom. The van der Waals surface area contributed by atoms with Gasteiger partial charge in [0.25, 0.3) is 0 Å². The molecule has 1 amide bonds. The predicted octanol–water partition coefficient (Wildman–Crippen LogP) is 4.28. The Kier molecular flexibility index (Phi) is 4.08. The third kappa shape index (κ3) is 2.73. The molecule has 1 aliphatic heterocycles. The number of hydrogen-bond donors (Lipinski definition) is 0. The van der Waals surface area contributed by atoms with Crippen molar-refractivity contribution in [3.63, 3.8) is 0 Å². The number of nitrogens with zero attached hydrogens (tertiary/aromatic N) is 2. The van der Waals surface area contributed by atoms with Gasteiger partial charge in [-0.1, -0.05) is 6.07 Å². The van der Waals surface area contributed by atoms with E-state index in [-0.39, 0.29) is 29.3 Å². The summed E-state index contributed by atoms with van der Waals surface area (Å²) in [5.41, 5.74) is 0.0682. The van der Waals surface area contributed by atoms with Crippen molar-refractivity contribution >= 4 is 17.2 Å². The maximum atomic E-state index is 13.9. The molecular weight excluding hydrogens is 330 g/mol. The van der Waals surface area contributed by atoms with E-state index in [1.54, 1.807) is 17.5 Å². The Balaban J connectivity index is 1.54. The molecule has 1 aromatic carbocycles. The van der Waals surface area contributed by atoms with E-state index in [4.69, 9.17) is 0 Å². The standard InChI is InChI=1S/C18H18F2N2OS/c19-13-4-3-5-14(20)16(13)11-10-12(11)18(23)22-8-2-1-6-15(22)17-21-7-9-24-17/h3-5,7,9,11-12,15H,1-2,6,8,10H2/t11-,12-,15-/m1/s1. The molecule has 1 saturated carbocycles. The number of carbonyl (C=O) groups is 1. The molecule has 24 heavy (non-hydrogen) atoms. The topological polar surface area (TPSA) is 33.2 Å². The van der Waals surface area contributed by atoms with Gasteiger partial charge in [0.1, 0.15) is 16.6 Å². The van der Waals surface area contributed by atoms with Crippen LogP contribution in [0.25, 0.3) is 0 Å². The van der Waals surface area contributed by atoms with E-state index in [0.29, 0.717) is 13.0 Å². The number of thiazole rings is 1. The van der Waals surface area contributed by atoms with Gasteiger partial charge in [-0.15, -0.1) is 11.3 Å². The van der Waals surface area contributed by atoms with Crippen LogP contribution in [0.1, 0.15) is 48.2 Å². The predicted molar refractivity (Wildman–Crippen MR) is 87.6 cm³/mol. The van der Waals surface area contributed by atoms with Gasteiger partial charge in [-0.05, 0) is 37.8 Å². The van der Waals surface area contributed by atoms with Gasteiger partial charge in [0.2, 0.25) is 5.91 Å². The lowest BCUT2D eigenvalue weighted by Crippen LogP contribution is -2.39. The average Bonchev–Trinajstić information content (AvgIpc) is 3.16. The van der Waals surface area contributed by atoms with Crippen molar-refractivity contribution in [2.24, 2.45) is 5.92 Å². The molecule has 3 atom stereocenters. The maximum Gasteiger partial charge on any atom is 0.226 e. The van der Waals surface area contributed by atoms with Crippen molar-refractivity contribution in [2.75, 3.05) is 6.54 Å². The summed E-state index contributed by atoms with van der Waals surface area (Å²) < 4.78 is 27.9. The zero-order valence-electron chi connectivity index (χ0n) is 13.1. The molecule has 1 aliphatic carbocycles. The summed E-state index contributed by atoms with van der Waals surface area (Å²) in [6, 6.07) is 3.89. The summed E-state index contributed by atoms with van der Waals surface area (Å²) >= 11 is 1.56. The van der Waals surface area contributed by atoms with Gasteiger partial charge in [-0.25, -0.2) is 13.8 Å². The van der Waals surface area contributed by atoms with Crippen molar-refractivity contribution in [3.8, 4) is 0 Å². The first-order valence-corrected chi connectivity index (χ1v) is 9.18. The molecule has 1 saturated heterocycles. The number of aromatic nitrogens is 1. The van der Waals surface area contributed by atoms with E-state index in [0.717, 1.165) is 24.3 Å². The molecule has 0 unspecified atom stereocenters. The summed E-state index contributed by atoms with van der Waals surface area (Å²) in [4.78, 5) is 19.2. The summed E-state index contributed by atoms with van der Waals surface area (Å²) in [7, 11) is 0. The molecule has 0 radical (unpaired) electrons. The van der Waals surface area contributed by atoms with Crippen LogP contribution in [0.15, 0.2) is 29.8 Å². The molecule has 2 aliphatic rings. The maximum absolute atomic E-state index is 13.9. The van der Waals surface area contributed by atoms with Gasteiger partial charge < -0.3 is 4.90 Å². The second-order valence-electron chi connectivity index (χ2n) is 6.50. The Labute approximate surface area is 143 Å². The van der Waals surface area contributed by atoms with Gasteiger partial charge in [0.15, 0.2) is 0 Å². The molecule has 1 aromatic heterocycles. The number of carbonyl (C=O) groups excluding carboxylic acids is 1. The third-order valence-electron chi connectivity index (χ3n) is 5.00. The van der Waals surface area contributed by atoms with E-state index in [1.807, 2.05) is 10.3 Å². The van der Waals surface area contributed by atoms with E-state index < -0.39 is 11.6 Å². The Bertz CT molecular complexity index is 729. The second kappa shape index (κ2) is 6.24. The minimum atomic E-state index is -0.551. The zero-order valence-corrected chi connectivity index (χ0v) is 13.9. The lowest BCUT2D eigenvalue weighted by Gasteiger charge is -2.34. The number of amides is 1. The van der Waals surface area contributed by atoms with Crippen LogP contribution in [-0.4, -0.2) is 22.3 Å². The quantitative estimate of drug-likeness (QED) is 0.829. The minimum absolute atomic E-state index is 0.0120. The number of benzene rings is 1. The fourth-order valence-electron chi connectivity index (χ4n) is 3.72. The highest BCUT2D eigenvalue weighted by molar-refractivity contribution is 7.09. The van der Waals surface area contributed by atoms with Crippen LogP contribution < -0.4 is 0 Å². The van der Waals surface area contributed by atoms with Crippen LogP contribution >= 0.6 is 11.3 Å². The molecule has 4 rings (SSSR count). The molecule has 2 heterocycles. The largest absolute Gasteiger partial charge is 0.333 e. The number of piperidine rings is 1. The van der Waals surface area contributed by atoms with Crippen molar-refractivity contribution in [1.82, 2.24) is 9.88 Å².